The van der Waals surface area contributed by atoms with Gasteiger partial charge in [-0.05, 0) is 18.0 Å². The van der Waals surface area contributed by atoms with E-state index in [4.69, 9.17) is 14.4 Å². The van der Waals surface area contributed by atoms with Crippen LogP contribution in [0.15, 0.2) is 10.6 Å². The summed E-state index contributed by atoms with van der Waals surface area (Å²) in [6.45, 7) is 0. The fourth-order valence-electron chi connectivity index (χ4n) is 1.29. The molecule has 1 aromatic heterocycles. The van der Waals surface area contributed by atoms with E-state index in [2.05, 4.69) is 15.8 Å². The molecule has 3 N–H and O–H groups in total. The molecule has 17 heavy (non-hydrogen) atoms. The maximum Gasteiger partial charge on any atom is 0.329 e. The Hall–Kier alpha value is -2.25. The first kappa shape index (κ1) is 11.2. The van der Waals surface area contributed by atoms with Crippen molar-refractivity contribution in [2.24, 2.45) is 0 Å². The van der Waals surface area contributed by atoms with Crippen LogP contribution >= 0.6 is 0 Å². The van der Waals surface area contributed by atoms with Crippen LogP contribution in [0.1, 0.15) is 12.8 Å². The van der Waals surface area contributed by atoms with Gasteiger partial charge in [0.25, 0.3) is 5.88 Å². The van der Waals surface area contributed by atoms with E-state index in [0.717, 1.165) is 0 Å². The van der Waals surface area contributed by atoms with Crippen LogP contribution in [0, 0.1) is 0 Å². The Bertz CT molecular complexity index is 451. The highest BCUT2D eigenvalue weighted by Crippen LogP contribution is 2.35. The molecule has 1 aromatic rings. The summed E-state index contributed by atoms with van der Waals surface area (Å²) in [6, 6.07) is 0.726. The van der Waals surface area contributed by atoms with Gasteiger partial charge in [0.1, 0.15) is 5.54 Å². The van der Waals surface area contributed by atoms with Crippen LogP contribution < -0.4 is 15.4 Å². The van der Waals surface area contributed by atoms with Crippen molar-refractivity contribution >= 4 is 17.9 Å². The number of urea groups is 1. The van der Waals surface area contributed by atoms with E-state index < -0.39 is 17.5 Å². The lowest BCUT2D eigenvalue weighted by Crippen LogP contribution is -2.45. The van der Waals surface area contributed by atoms with Gasteiger partial charge in [-0.3, -0.25) is 5.32 Å². The van der Waals surface area contributed by atoms with E-state index in [0.29, 0.717) is 12.8 Å². The average molecular weight is 241 g/mol. The van der Waals surface area contributed by atoms with Crippen molar-refractivity contribution in [1.82, 2.24) is 10.5 Å². The van der Waals surface area contributed by atoms with E-state index >= 15 is 0 Å². The van der Waals surface area contributed by atoms with Gasteiger partial charge >= 0.3 is 12.0 Å². The first-order valence-electron chi connectivity index (χ1n) is 4.89. The highest BCUT2D eigenvalue weighted by Gasteiger charge is 2.51. The summed E-state index contributed by atoms with van der Waals surface area (Å²) < 4.78 is 9.48. The third-order valence-electron chi connectivity index (χ3n) is 2.45. The quantitative estimate of drug-likeness (QED) is 0.704. The zero-order valence-electron chi connectivity index (χ0n) is 9.02. The number of nitrogens with one attached hydrogen (secondary N) is 2. The zero-order chi connectivity index (χ0) is 12.5. The summed E-state index contributed by atoms with van der Waals surface area (Å²) in [6.07, 6.45) is 0.852. The Morgan fingerprint density at radius 2 is 2.29 bits per heavy atom. The van der Waals surface area contributed by atoms with Crippen molar-refractivity contribution in [3.05, 3.63) is 6.07 Å². The maximum atomic E-state index is 11.5. The van der Waals surface area contributed by atoms with E-state index in [9.17, 15) is 9.59 Å². The number of methoxy groups -OCH3 is 1. The van der Waals surface area contributed by atoms with Crippen LogP contribution in [0.5, 0.6) is 5.88 Å². The van der Waals surface area contributed by atoms with Crippen molar-refractivity contribution in [3.8, 4) is 5.88 Å². The molecule has 0 aliphatic heterocycles. The summed E-state index contributed by atoms with van der Waals surface area (Å²) in [5, 5.41) is 17.0. The number of aliphatic carboxylic acids is 1. The topological polar surface area (TPSA) is 114 Å². The van der Waals surface area contributed by atoms with Gasteiger partial charge in [0.05, 0.1) is 13.2 Å². The van der Waals surface area contributed by atoms with Crippen LogP contribution in [-0.2, 0) is 4.79 Å². The summed E-state index contributed by atoms with van der Waals surface area (Å²) in [5.74, 6) is -0.733. The Kier molecular flexibility index (Phi) is 2.62. The normalized spacial score (nSPS) is 16.1. The second-order valence-electron chi connectivity index (χ2n) is 3.70. The Labute approximate surface area is 95.9 Å². The third kappa shape index (κ3) is 2.30. The number of carbonyl (C=O) groups is 2. The summed E-state index contributed by atoms with van der Waals surface area (Å²) in [4.78, 5) is 22.3. The lowest BCUT2D eigenvalue weighted by atomic mass is 10.3. The monoisotopic (exact) mass is 241 g/mol. The zero-order valence-corrected chi connectivity index (χ0v) is 9.02. The minimum Gasteiger partial charge on any atom is -0.480 e. The van der Waals surface area contributed by atoms with Crippen molar-refractivity contribution in [3.63, 3.8) is 0 Å². The number of carboxylic acids is 1. The standard InChI is InChI=1S/C9H11N3O5/c1-16-6-4-5(17-12-6)10-8(15)11-9(2-3-9)7(13)14/h4H,2-3H2,1H3,(H,13,14)(H2,10,11,15). The van der Waals surface area contributed by atoms with Gasteiger partial charge < -0.3 is 19.7 Å². The molecule has 0 spiro atoms. The first-order chi connectivity index (χ1) is 8.05. The predicted molar refractivity (Wildman–Crippen MR) is 54.8 cm³/mol. The van der Waals surface area contributed by atoms with Crippen LogP contribution in [-0.4, -0.2) is 34.9 Å². The molecule has 1 aliphatic rings. The predicted octanol–water partition coefficient (Wildman–Crippen LogP) is 0.422. The number of rotatable bonds is 4. The van der Waals surface area contributed by atoms with Gasteiger partial charge in [-0.25, -0.2) is 9.59 Å². The minimum absolute atomic E-state index is 0.0838. The van der Waals surface area contributed by atoms with Crippen molar-refractivity contribution in [1.29, 1.82) is 0 Å². The number of ether oxygens (including phenoxy) is 1. The Balaban J connectivity index is 1.91. The van der Waals surface area contributed by atoms with E-state index in [1.165, 1.54) is 13.2 Å². The number of anilines is 1. The molecule has 0 saturated heterocycles. The second-order valence-corrected chi connectivity index (χ2v) is 3.70. The number of aromatic nitrogens is 1. The smallest absolute Gasteiger partial charge is 0.329 e. The molecule has 0 radical (unpaired) electrons. The molecule has 0 aromatic carbocycles. The number of hydrogen-bond acceptors (Lipinski definition) is 5. The molecular weight excluding hydrogens is 230 g/mol. The number of hydrogen-bond donors (Lipinski definition) is 3. The van der Waals surface area contributed by atoms with Crippen LogP contribution in [0.4, 0.5) is 10.7 Å². The molecule has 8 heteroatoms. The summed E-state index contributed by atoms with van der Waals surface area (Å²) in [5.41, 5.74) is -1.13. The molecule has 1 fully saturated rings. The number of nitrogens with zero attached hydrogens (tertiary/aromatic N) is 1. The summed E-state index contributed by atoms with van der Waals surface area (Å²) >= 11 is 0. The molecule has 2 rings (SSSR count). The number of carbonyl (C=O) groups excluding carboxylic acids is 1. The highest BCUT2D eigenvalue weighted by atomic mass is 16.5. The van der Waals surface area contributed by atoms with E-state index in [1.807, 2.05) is 0 Å². The van der Waals surface area contributed by atoms with Gasteiger partial charge in [-0.1, -0.05) is 0 Å². The highest BCUT2D eigenvalue weighted by molar-refractivity contribution is 5.94. The molecule has 92 valence electrons. The third-order valence-corrected chi connectivity index (χ3v) is 2.45. The summed E-state index contributed by atoms with van der Waals surface area (Å²) in [7, 11) is 1.41. The number of carboxylic acid groups (broad SMARTS) is 1. The fourth-order valence-corrected chi connectivity index (χ4v) is 1.29. The lowest BCUT2D eigenvalue weighted by molar-refractivity contribution is -0.140. The molecule has 1 aliphatic carbocycles. The van der Waals surface area contributed by atoms with Crippen LogP contribution in [0.2, 0.25) is 0 Å². The molecule has 1 heterocycles. The van der Waals surface area contributed by atoms with Crippen molar-refractivity contribution in [2.75, 3.05) is 12.4 Å². The van der Waals surface area contributed by atoms with E-state index in [-0.39, 0.29) is 11.8 Å². The van der Waals surface area contributed by atoms with Gasteiger partial charge in [0.2, 0.25) is 5.88 Å². The molecule has 8 nitrogen and oxygen atoms in total. The molecule has 2 amide bonds. The average Bonchev–Trinajstić information content (AvgIpc) is 2.91. The Morgan fingerprint density at radius 3 is 2.76 bits per heavy atom. The molecule has 1 saturated carbocycles. The second kappa shape index (κ2) is 3.96. The molecule has 0 bridgehead atoms. The fraction of sp³-hybridized carbons (Fsp3) is 0.444. The molecular formula is C9H11N3O5. The minimum atomic E-state index is -1.13. The molecule has 0 unspecified atom stereocenters. The lowest BCUT2D eigenvalue weighted by Gasteiger charge is -2.11. The Morgan fingerprint density at radius 1 is 1.59 bits per heavy atom. The van der Waals surface area contributed by atoms with Crippen LogP contribution in [0.3, 0.4) is 0 Å². The SMILES string of the molecule is COc1cc(NC(=O)NC2(C(=O)O)CC2)on1. The van der Waals surface area contributed by atoms with E-state index in [1.54, 1.807) is 0 Å². The van der Waals surface area contributed by atoms with Crippen LogP contribution in [0.25, 0.3) is 0 Å². The maximum absolute atomic E-state index is 11.5. The first-order valence-corrected chi connectivity index (χ1v) is 4.89. The van der Waals surface area contributed by atoms with Crippen molar-refractivity contribution in [2.45, 2.75) is 18.4 Å². The van der Waals surface area contributed by atoms with Gasteiger partial charge in [-0.15, -0.1) is 0 Å². The van der Waals surface area contributed by atoms with Crippen molar-refractivity contribution < 1.29 is 24.0 Å². The largest absolute Gasteiger partial charge is 0.480 e. The molecule has 0 atom stereocenters. The van der Waals surface area contributed by atoms with Gasteiger partial charge in [0.15, 0.2) is 0 Å². The van der Waals surface area contributed by atoms with Gasteiger partial charge in [0, 0.05) is 0 Å². The van der Waals surface area contributed by atoms with Gasteiger partial charge in [-0.2, -0.15) is 0 Å². The number of amides is 2.